The van der Waals surface area contributed by atoms with Crippen LogP contribution in [0.15, 0.2) is 72.1 Å². The van der Waals surface area contributed by atoms with Crippen LogP contribution in [0.2, 0.25) is 0 Å². The van der Waals surface area contributed by atoms with Gasteiger partial charge in [0.1, 0.15) is 6.54 Å². The fourth-order valence-corrected chi connectivity index (χ4v) is 5.42. The van der Waals surface area contributed by atoms with E-state index in [1.165, 1.54) is 12.0 Å². The number of urea groups is 1. The third-order valence-electron chi connectivity index (χ3n) is 6.66. The number of nitrogens with one attached hydrogen (secondary N) is 1. The Balaban J connectivity index is 1.52. The van der Waals surface area contributed by atoms with Crippen LogP contribution in [0.25, 0.3) is 0 Å². The molecule has 0 aliphatic heterocycles. The van der Waals surface area contributed by atoms with Crippen molar-refractivity contribution in [1.82, 2.24) is 9.80 Å². The number of carbonyl (C=O) groups excluding carboxylic acids is 2. The van der Waals surface area contributed by atoms with Crippen LogP contribution in [0.4, 0.5) is 10.5 Å². The third-order valence-corrected chi connectivity index (χ3v) is 7.53. The van der Waals surface area contributed by atoms with Crippen molar-refractivity contribution in [2.24, 2.45) is 0 Å². The average Bonchev–Trinajstić information content (AvgIpc) is 3.41. The normalized spacial score (nSPS) is 13.9. The molecule has 6 heteroatoms. The zero-order valence-electron chi connectivity index (χ0n) is 20.5. The number of nitrogens with zero attached hydrogens (tertiary/aromatic N) is 2. The van der Waals surface area contributed by atoms with Crippen molar-refractivity contribution in [2.75, 3.05) is 11.9 Å². The first kappa shape index (κ1) is 25.0. The molecular weight excluding hydrogens is 454 g/mol. The van der Waals surface area contributed by atoms with Gasteiger partial charge in [0.2, 0.25) is 5.91 Å². The second kappa shape index (κ2) is 12.5. The Labute approximate surface area is 212 Å². The maximum atomic E-state index is 13.7. The molecule has 0 atom stereocenters. The first-order valence-electron chi connectivity index (χ1n) is 12.6. The quantitative estimate of drug-likeness (QED) is 0.363. The van der Waals surface area contributed by atoms with Crippen molar-refractivity contribution in [3.05, 3.63) is 88.1 Å². The highest BCUT2D eigenvalue weighted by Gasteiger charge is 2.29. The van der Waals surface area contributed by atoms with Crippen LogP contribution in [-0.2, 0) is 24.3 Å². The molecular formula is C29H35N3O2S. The Bertz CT molecular complexity index is 1080. The first-order valence-corrected chi connectivity index (χ1v) is 13.5. The summed E-state index contributed by atoms with van der Waals surface area (Å²) in [4.78, 5) is 32.0. The maximum absolute atomic E-state index is 13.7. The third kappa shape index (κ3) is 7.18. The van der Waals surface area contributed by atoms with E-state index in [0.717, 1.165) is 48.2 Å². The zero-order valence-corrected chi connectivity index (χ0v) is 21.3. The van der Waals surface area contributed by atoms with Gasteiger partial charge in [-0.2, -0.15) is 0 Å². The standard InChI is InChI=1S/C29H35N3O2S/c1-2-23-13-9-14-25(19-23)30-29(34)32(26-15-7-4-8-16-26)22-28(33)31(21-27-17-10-18-35-27)20-24-11-5-3-6-12-24/h3,5-6,9-14,17-19,26H,2,4,7-8,15-16,20-22H2,1H3,(H,30,34). The van der Waals surface area contributed by atoms with E-state index in [1.54, 1.807) is 16.2 Å². The molecule has 0 spiro atoms. The highest BCUT2D eigenvalue weighted by Crippen LogP contribution is 2.24. The zero-order chi connectivity index (χ0) is 24.5. The fourth-order valence-electron chi connectivity index (χ4n) is 4.70. The van der Waals surface area contributed by atoms with Crippen molar-refractivity contribution in [3.63, 3.8) is 0 Å². The molecule has 4 rings (SSSR count). The van der Waals surface area contributed by atoms with E-state index in [2.05, 4.69) is 24.4 Å². The number of benzene rings is 2. The minimum Gasteiger partial charge on any atom is -0.332 e. The van der Waals surface area contributed by atoms with Crippen LogP contribution in [0, 0.1) is 0 Å². The lowest BCUT2D eigenvalue weighted by Crippen LogP contribution is -2.49. The van der Waals surface area contributed by atoms with Crippen molar-refractivity contribution in [2.45, 2.75) is 64.6 Å². The molecule has 1 fully saturated rings. The first-order chi connectivity index (χ1) is 17.1. The molecule has 3 aromatic rings. The van der Waals surface area contributed by atoms with Gasteiger partial charge >= 0.3 is 6.03 Å². The molecule has 1 heterocycles. The second-order valence-electron chi connectivity index (χ2n) is 9.22. The fraction of sp³-hybridized carbons (Fsp3) is 0.379. The van der Waals surface area contributed by atoms with Crippen LogP contribution in [0.1, 0.15) is 55.0 Å². The molecule has 0 bridgehead atoms. The summed E-state index contributed by atoms with van der Waals surface area (Å²) in [5.41, 5.74) is 3.04. The molecule has 1 aliphatic carbocycles. The van der Waals surface area contributed by atoms with Crippen LogP contribution in [0.5, 0.6) is 0 Å². The Morgan fingerprint density at radius 1 is 0.914 bits per heavy atom. The van der Waals surface area contributed by atoms with Gasteiger partial charge in [-0.25, -0.2) is 4.79 Å². The van der Waals surface area contributed by atoms with E-state index in [1.807, 2.05) is 64.9 Å². The van der Waals surface area contributed by atoms with E-state index in [-0.39, 0.29) is 24.5 Å². The summed E-state index contributed by atoms with van der Waals surface area (Å²) in [5.74, 6) is -0.0229. The van der Waals surface area contributed by atoms with E-state index < -0.39 is 0 Å². The van der Waals surface area contributed by atoms with Crippen molar-refractivity contribution < 1.29 is 9.59 Å². The van der Waals surface area contributed by atoms with Gasteiger partial charge in [-0.1, -0.05) is 74.7 Å². The summed E-state index contributed by atoms with van der Waals surface area (Å²) < 4.78 is 0. The predicted octanol–water partition coefficient (Wildman–Crippen LogP) is 6.71. The van der Waals surface area contributed by atoms with Gasteiger partial charge in [0, 0.05) is 23.2 Å². The summed E-state index contributed by atoms with van der Waals surface area (Å²) in [6, 6.07) is 22.0. The number of rotatable bonds is 9. The predicted molar refractivity (Wildman–Crippen MR) is 143 cm³/mol. The topological polar surface area (TPSA) is 52.7 Å². The van der Waals surface area contributed by atoms with E-state index in [0.29, 0.717) is 13.1 Å². The molecule has 0 unspecified atom stereocenters. The Morgan fingerprint density at radius 2 is 1.69 bits per heavy atom. The van der Waals surface area contributed by atoms with Gasteiger partial charge in [-0.3, -0.25) is 4.79 Å². The summed E-state index contributed by atoms with van der Waals surface area (Å²) >= 11 is 1.65. The SMILES string of the molecule is CCc1cccc(NC(=O)N(CC(=O)N(Cc2ccccc2)Cc2cccs2)C2CCCCC2)c1. The molecule has 5 nitrogen and oxygen atoms in total. The van der Waals surface area contributed by atoms with Gasteiger partial charge in [0.25, 0.3) is 0 Å². The summed E-state index contributed by atoms with van der Waals surface area (Å²) in [7, 11) is 0. The summed E-state index contributed by atoms with van der Waals surface area (Å²) in [6.07, 6.45) is 6.18. The van der Waals surface area contributed by atoms with Crippen LogP contribution < -0.4 is 5.32 Å². The number of hydrogen-bond acceptors (Lipinski definition) is 3. The molecule has 1 aromatic heterocycles. The summed E-state index contributed by atoms with van der Waals surface area (Å²) in [6.45, 7) is 3.26. The van der Waals surface area contributed by atoms with Crippen LogP contribution >= 0.6 is 11.3 Å². The monoisotopic (exact) mass is 489 g/mol. The van der Waals surface area contributed by atoms with E-state index >= 15 is 0 Å². The smallest absolute Gasteiger partial charge is 0.322 e. The summed E-state index contributed by atoms with van der Waals surface area (Å²) in [5, 5.41) is 5.11. The molecule has 0 radical (unpaired) electrons. The lowest BCUT2D eigenvalue weighted by molar-refractivity contribution is -0.133. The van der Waals surface area contributed by atoms with Gasteiger partial charge in [-0.05, 0) is 54.0 Å². The van der Waals surface area contributed by atoms with Crippen LogP contribution in [-0.4, -0.2) is 34.3 Å². The van der Waals surface area contributed by atoms with E-state index in [9.17, 15) is 9.59 Å². The second-order valence-corrected chi connectivity index (χ2v) is 10.3. The molecule has 1 saturated carbocycles. The molecule has 184 valence electrons. The van der Waals surface area contributed by atoms with Crippen molar-refractivity contribution >= 4 is 29.0 Å². The Morgan fingerprint density at radius 3 is 2.40 bits per heavy atom. The largest absolute Gasteiger partial charge is 0.332 e. The number of hydrogen-bond donors (Lipinski definition) is 1. The van der Waals surface area contributed by atoms with E-state index in [4.69, 9.17) is 0 Å². The van der Waals surface area contributed by atoms with Crippen molar-refractivity contribution in [3.8, 4) is 0 Å². The van der Waals surface area contributed by atoms with Crippen LogP contribution in [0.3, 0.4) is 0 Å². The molecule has 1 N–H and O–H groups in total. The average molecular weight is 490 g/mol. The number of aryl methyl sites for hydroxylation is 1. The lowest BCUT2D eigenvalue weighted by atomic mass is 9.94. The van der Waals surface area contributed by atoms with Gasteiger partial charge < -0.3 is 15.1 Å². The number of amides is 3. The molecule has 0 saturated heterocycles. The van der Waals surface area contributed by atoms with Crippen molar-refractivity contribution in [1.29, 1.82) is 0 Å². The highest BCUT2D eigenvalue weighted by molar-refractivity contribution is 7.09. The Kier molecular flexibility index (Phi) is 8.96. The molecule has 2 aromatic carbocycles. The molecule has 3 amide bonds. The van der Waals surface area contributed by atoms with Gasteiger partial charge in [0.05, 0.1) is 6.54 Å². The number of thiophene rings is 1. The molecule has 35 heavy (non-hydrogen) atoms. The maximum Gasteiger partial charge on any atom is 0.322 e. The van der Waals surface area contributed by atoms with Gasteiger partial charge in [0.15, 0.2) is 0 Å². The highest BCUT2D eigenvalue weighted by atomic mass is 32.1. The van der Waals surface area contributed by atoms with Gasteiger partial charge in [-0.15, -0.1) is 11.3 Å². The number of carbonyl (C=O) groups is 2. The Hall–Kier alpha value is -3.12. The number of anilines is 1. The lowest BCUT2D eigenvalue weighted by Gasteiger charge is -2.35. The molecule has 1 aliphatic rings. The minimum absolute atomic E-state index is 0.0229. The minimum atomic E-state index is -0.186.